The predicted octanol–water partition coefficient (Wildman–Crippen LogP) is 2.16. The zero-order valence-electron chi connectivity index (χ0n) is 11.8. The molecule has 22 heavy (non-hydrogen) atoms. The molecule has 1 unspecified atom stereocenters. The van der Waals surface area contributed by atoms with Crippen molar-refractivity contribution in [3.8, 4) is 0 Å². The van der Waals surface area contributed by atoms with Crippen LogP contribution in [0.4, 0.5) is 0 Å². The molecule has 0 aliphatic rings. The Bertz CT molecular complexity index is 664. The molecule has 1 aromatic heterocycles. The smallest absolute Gasteiger partial charge is 0.307 e. The van der Waals surface area contributed by atoms with Crippen LogP contribution in [0.1, 0.15) is 28.5 Å². The van der Waals surface area contributed by atoms with E-state index in [4.69, 9.17) is 11.6 Å². The van der Waals surface area contributed by atoms with Gasteiger partial charge in [0.25, 0.3) is 5.91 Å². The second-order valence-corrected chi connectivity index (χ2v) is 4.83. The molecule has 1 N–H and O–H groups in total. The van der Waals surface area contributed by atoms with Crippen molar-refractivity contribution in [3.05, 3.63) is 59.1 Å². The molecule has 0 bridgehead atoms. The third-order valence-electron chi connectivity index (χ3n) is 2.98. The molecule has 2 aromatic rings. The van der Waals surface area contributed by atoms with Gasteiger partial charge in [0.05, 0.1) is 25.8 Å². The van der Waals surface area contributed by atoms with E-state index in [1.165, 1.54) is 25.7 Å². The van der Waals surface area contributed by atoms with Gasteiger partial charge in [0.15, 0.2) is 0 Å². The van der Waals surface area contributed by atoms with E-state index in [0.717, 1.165) is 0 Å². The summed E-state index contributed by atoms with van der Waals surface area (Å²) in [5.41, 5.74) is 0.788. The standard InChI is InChI=1S/C15H14ClN3O3/c1-22-14(20)8-12(10-4-2-3-5-11(10)16)19-15(21)13-9-17-6-7-18-13/h2-7,9,12H,8H2,1H3,(H,19,21). The van der Waals surface area contributed by atoms with Crippen molar-refractivity contribution in [2.75, 3.05) is 7.11 Å². The van der Waals surface area contributed by atoms with E-state index in [-0.39, 0.29) is 12.1 Å². The number of carbonyl (C=O) groups excluding carboxylic acids is 2. The molecular formula is C15H14ClN3O3. The Labute approximate surface area is 132 Å². The van der Waals surface area contributed by atoms with Crippen molar-refractivity contribution in [1.29, 1.82) is 0 Å². The zero-order valence-corrected chi connectivity index (χ0v) is 12.6. The third-order valence-corrected chi connectivity index (χ3v) is 3.32. The van der Waals surface area contributed by atoms with Crippen LogP contribution in [0.25, 0.3) is 0 Å². The molecule has 1 amide bonds. The maximum Gasteiger partial charge on any atom is 0.307 e. The molecule has 1 atom stereocenters. The quantitative estimate of drug-likeness (QED) is 0.854. The van der Waals surface area contributed by atoms with Gasteiger partial charge in [0.1, 0.15) is 5.69 Å². The van der Waals surface area contributed by atoms with E-state index < -0.39 is 17.9 Å². The lowest BCUT2D eigenvalue weighted by atomic mass is 10.0. The summed E-state index contributed by atoms with van der Waals surface area (Å²) in [5, 5.41) is 3.18. The van der Waals surface area contributed by atoms with Crippen LogP contribution in [0.15, 0.2) is 42.9 Å². The second kappa shape index (κ2) is 7.51. The number of carbonyl (C=O) groups is 2. The number of amides is 1. The van der Waals surface area contributed by atoms with Gasteiger partial charge in [-0.15, -0.1) is 0 Å². The number of hydrogen-bond donors (Lipinski definition) is 1. The number of nitrogens with one attached hydrogen (secondary N) is 1. The fraction of sp³-hybridized carbons (Fsp3) is 0.200. The normalized spacial score (nSPS) is 11.5. The van der Waals surface area contributed by atoms with E-state index in [1.807, 2.05) is 0 Å². The van der Waals surface area contributed by atoms with Gasteiger partial charge in [-0.25, -0.2) is 4.98 Å². The van der Waals surface area contributed by atoms with Crippen molar-refractivity contribution in [1.82, 2.24) is 15.3 Å². The first-order valence-corrected chi connectivity index (χ1v) is 6.87. The number of benzene rings is 1. The SMILES string of the molecule is COC(=O)CC(NC(=O)c1cnccn1)c1ccccc1Cl. The highest BCUT2D eigenvalue weighted by Gasteiger charge is 2.22. The average molecular weight is 320 g/mol. The van der Waals surface area contributed by atoms with Crippen LogP contribution in [0, 0.1) is 0 Å². The second-order valence-electron chi connectivity index (χ2n) is 4.42. The fourth-order valence-corrected chi connectivity index (χ4v) is 2.16. The van der Waals surface area contributed by atoms with Gasteiger partial charge in [-0.3, -0.25) is 14.6 Å². The first-order chi connectivity index (χ1) is 10.6. The van der Waals surface area contributed by atoms with Gasteiger partial charge >= 0.3 is 5.97 Å². The summed E-state index contributed by atoms with van der Waals surface area (Å²) in [6.07, 6.45) is 4.19. The Morgan fingerprint density at radius 1 is 1.32 bits per heavy atom. The summed E-state index contributed by atoms with van der Waals surface area (Å²) in [6.45, 7) is 0. The van der Waals surface area contributed by atoms with Crippen molar-refractivity contribution in [2.24, 2.45) is 0 Å². The first-order valence-electron chi connectivity index (χ1n) is 6.50. The number of nitrogens with zero attached hydrogens (tertiary/aromatic N) is 2. The molecule has 0 fully saturated rings. The first kappa shape index (κ1) is 15.9. The highest BCUT2D eigenvalue weighted by Crippen LogP contribution is 2.25. The summed E-state index contributed by atoms with van der Waals surface area (Å²) >= 11 is 6.14. The van der Waals surface area contributed by atoms with Crippen LogP contribution in [0.5, 0.6) is 0 Å². The summed E-state index contributed by atoms with van der Waals surface area (Å²) in [5.74, 6) is -0.897. The minimum Gasteiger partial charge on any atom is -0.469 e. The Hall–Kier alpha value is -2.47. The molecule has 0 spiro atoms. The van der Waals surface area contributed by atoms with Crippen molar-refractivity contribution < 1.29 is 14.3 Å². The number of hydrogen-bond acceptors (Lipinski definition) is 5. The number of halogens is 1. The maximum absolute atomic E-state index is 12.2. The molecule has 7 heteroatoms. The molecule has 114 valence electrons. The molecule has 0 aliphatic heterocycles. The van der Waals surface area contributed by atoms with E-state index in [0.29, 0.717) is 10.6 Å². The largest absolute Gasteiger partial charge is 0.469 e. The lowest BCUT2D eigenvalue weighted by Gasteiger charge is -2.19. The van der Waals surface area contributed by atoms with Gasteiger partial charge in [0, 0.05) is 17.4 Å². The molecule has 0 aliphatic carbocycles. The summed E-state index contributed by atoms with van der Waals surface area (Å²) in [7, 11) is 1.29. The zero-order chi connectivity index (χ0) is 15.9. The Kier molecular flexibility index (Phi) is 5.43. The highest BCUT2D eigenvalue weighted by molar-refractivity contribution is 6.31. The van der Waals surface area contributed by atoms with E-state index in [2.05, 4.69) is 20.0 Å². The van der Waals surface area contributed by atoms with Crippen molar-refractivity contribution in [2.45, 2.75) is 12.5 Å². The number of rotatable bonds is 5. The van der Waals surface area contributed by atoms with Gasteiger partial charge in [-0.1, -0.05) is 29.8 Å². The molecule has 1 aromatic carbocycles. The molecule has 0 radical (unpaired) electrons. The lowest BCUT2D eigenvalue weighted by Crippen LogP contribution is -2.31. The minimum atomic E-state index is -0.615. The number of esters is 1. The summed E-state index contributed by atoms with van der Waals surface area (Å²) < 4.78 is 4.67. The third kappa shape index (κ3) is 4.02. The van der Waals surface area contributed by atoms with Crippen LogP contribution >= 0.6 is 11.6 Å². The average Bonchev–Trinajstić information content (AvgIpc) is 2.55. The predicted molar refractivity (Wildman–Crippen MR) is 80.3 cm³/mol. The number of methoxy groups -OCH3 is 1. The highest BCUT2D eigenvalue weighted by atomic mass is 35.5. The molecule has 1 heterocycles. The Morgan fingerprint density at radius 3 is 2.73 bits per heavy atom. The maximum atomic E-state index is 12.2. The van der Waals surface area contributed by atoms with E-state index in [9.17, 15) is 9.59 Å². The molecular weight excluding hydrogens is 306 g/mol. The van der Waals surface area contributed by atoms with Gasteiger partial charge in [0.2, 0.25) is 0 Å². The van der Waals surface area contributed by atoms with Crippen LogP contribution in [-0.4, -0.2) is 29.0 Å². The van der Waals surface area contributed by atoms with Crippen molar-refractivity contribution in [3.63, 3.8) is 0 Å². The van der Waals surface area contributed by atoms with Crippen LogP contribution in [0.2, 0.25) is 5.02 Å². The molecule has 6 nitrogen and oxygen atoms in total. The van der Waals surface area contributed by atoms with Crippen molar-refractivity contribution >= 4 is 23.5 Å². The van der Waals surface area contributed by atoms with Gasteiger partial charge < -0.3 is 10.1 Å². The Balaban J connectivity index is 2.23. The van der Waals surface area contributed by atoms with Crippen LogP contribution in [0.3, 0.4) is 0 Å². The Morgan fingerprint density at radius 2 is 2.09 bits per heavy atom. The number of ether oxygens (including phenoxy) is 1. The summed E-state index contributed by atoms with van der Waals surface area (Å²) in [4.78, 5) is 31.5. The molecule has 2 rings (SSSR count). The van der Waals surface area contributed by atoms with Gasteiger partial charge in [-0.2, -0.15) is 0 Å². The fourth-order valence-electron chi connectivity index (χ4n) is 1.89. The lowest BCUT2D eigenvalue weighted by molar-refractivity contribution is -0.141. The molecule has 0 saturated heterocycles. The topological polar surface area (TPSA) is 81.2 Å². The van der Waals surface area contributed by atoms with E-state index in [1.54, 1.807) is 24.3 Å². The number of aromatic nitrogens is 2. The monoisotopic (exact) mass is 319 g/mol. The summed E-state index contributed by atoms with van der Waals surface area (Å²) in [6, 6.07) is 6.37. The van der Waals surface area contributed by atoms with Gasteiger partial charge in [-0.05, 0) is 11.6 Å². The van der Waals surface area contributed by atoms with Crippen LogP contribution in [-0.2, 0) is 9.53 Å². The van der Waals surface area contributed by atoms with E-state index >= 15 is 0 Å². The van der Waals surface area contributed by atoms with Crippen LogP contribution < -0.4 is 5.32 Å². The minimum absolute atomic E-state index is 0.0355. The molecule has 0 saturated carbocycles.